The maximum atomic E-state index is 12.2. The van der Waals surface area contributed by atoms with Crippen LogP contribution in [0.2, 0.25) is 0 Å². The standard InChI is InChI=1S/C19H20O4/c20-17(13-23-18(21)19(22)10-4-1-5-11-19)16-9-8-14-6-2-3-7-15(14)12-16/h2-3,6-9,12,22H,1,4-5,10-11,13H2. The van der Waals surface area contributed by atoms with Gasteiger partial charge in [0.15, 0.2) is 18.0 Å². The summed E-state index contributed by atoms with van der Waals surface area (Å²) in [5.41, 5.74) is -0.908. The van der Waals surface area contributed by atoms with E-state index in [1.807, 2.05) is 30.3 Å². The Morgan fingerprint density at radius 1 is 1.00 bits per heavy atom. The highest BCUT2D eigenvalue weighted by Gasteiger charge is 2.38. The van der Waals surface area contributed by atoms with Gasteiger partial charge in [0.1, 0.15) is 0 Å². The largest absolute Gasteiger partial charge is 0.455 e. The molecule has 0 spiro atoms. The minimum atomic E-state index is -1.41. The lowest BCUT2D eigenvalue weighted by atomic mass is 9.85. The lowest BCUT2D eigenvalue weighted by molar-refractivity contribution is -0.167. The summed E-state index contributed by atoms with van der Waals surface area (Å²) in [7, 11) is 0. The molecule has 0 saturated heterocycles. The maximum Gasteiger partial charge on any atom is 0.338 e. The zero-order valence-electron chi connectivity index (χ0n) is 13.0. The van der Waals surface area contributed by atoms with Crippen molar-refractivity contribution < 1.29 is 19.4 Å². The molecule has 0 aromatic heterocycles. The normalized spacial score (nSPS) is 16.9. The fourth-order valence-corrected chi connectivity index (χ4v) is 3.05. The number of ether oxygens (including phenoxy) is 1. The third-order valence-corrected chi connectivity index (χ3v) is 4.47. The number of carbonyl (C=O) groups is 2. The molecule has 1 aliphatic carbocycles. The van der Waals surface area contributed by atoms with Crippen molar-refractivity contribution in [2.24, 2.45) is 0 Å². The zero-order chi connectivity index (χ0) is 16.3. The van der Waals surface area contributed by atoms with Crippen molar-refractivity contribution >= 4 is 22.5 Å². The summed E-state index contributed by atoms with van der Waals surface area (Å²) >= 11 is 0. The minimum absolute atomic E-state index is 0.261. The average Bonchev–Trinajstić information content (AvgIpc) is 2.59. The summed E-state index contributed by atoms with van der Waals surface area (Å²) in [6.45, 7) is -0.334. The van der Waals surface area contributed by atoms with Crippen molar-refractivity contribution in [1.82, 2.24) is 0 Å². The van der Waals surface area contributed by atoms with Crippen molar-refractivity contribution in [3.63, 3.8) is 0 Å². The summed E-state index contributed by atoms with van der Waals surface area (Å²) in [5.74, 6) is -0.935. The van der Waals surface area contributed by atoms with Crippen LogP contribution in [0, 0.1) is 0 Å². The van der Waals surface area contributed by atoms with Crippen LogP contribution in [0.1, 0.15) is 42.5 Å². The number of hydrogen-bond acceptors (Lipinski definition) is 4. The Bertz CT molecular complexity index is 729. The van der Waals surface area contributed by atoms with Crippen LogP contribution in [-0.4, -0.2) is 29.1 Å². The van der Waals surface area contributed by atoms with E-state index >= 15 is 0 Å². The van der Waals surface area contributed by atoms with Crippen LogP contribution in [0.25, 0.3) is 10.8 Å². The predicted octanol–water partition coefficient (Wildman–Crippen LogP) is 3.26. The molecule has 120 valence electrons. The Labute approximate surface area is 135 Å². The molecule has 3 rings (SSSR count). The van der Waals surface area contributed by atoms with Crippen LogP contribution in [-0.2, 0) is 9.53 Å². The van der Waals surface area contributed by atoms with Crippen molar-refractivity contribution in [2.45, 2.75) is 37.7 Å². The molecule has 0 atom stereocenters. The van der Waals surface area contributed by atoms with Gasteiger partial charge < -0.3 is 9.84 Å². The van der Waals surface area contributed by atoms with Crippen LogP contribution in [0.5, 0.6) is 0 Å². The van der Waals surface area contributed by atoms with Gasteiger partial charge in [0.05, 0.1) is 0 Å². The number of fused-ring (bicyclic) bond motifs is 1. The molecule has 1 aliphatic rings. The van der Waals surface area contributed by atoms with E-state index < -0.39 is 11.6 Å². The smallest absolute Gasteiger partial charge is 0.338 e. The fourth-order valence-electron chi connectivity index (χ4n) is 3.05. The van der Waals surface area contributed by atoms with Gasteiger partial charge >= 0.3 is 5.97 Å². The van der Waals surface area contributed by atoms with E-state index in [0.29, 0.717) is 18.4 Å². The van der Waals surface area contributed by atoms with Crippen LogP contribution < -0.4 is 0 Å². The topological polar surface area (TPSA) is 63.6 Å². The zero-order valence-corrected chi connectivity index (χ0v) is 13.0. The van der Waals surface area contributed by atoms with E-state index in [9.17, 15) is 14.7 Å². The molecule has 2 aromatic carbocycles. The van der Waals surface area contributed by atoms with Crippen molar-refractivity contribution in [2.75, 3.05) is 6.61 Å². The van der Waals surface area contributed by atoms with Gasteiger partial charge in [-0.15, -0.1) is 0 Å². The van der Waals surface area contributed by atoms with Crippen LogP contribution in [0.15, 0.2) is 42.5 Å². The molecule has 0 amide bonds. The predicted molar refractivity (Wildman–Crippen MR) is 87.3 cm³/mol. The number of carbonyl (C=O) groups excluding carboxylic acids is 2. The molecule has 1 N–H and O–H groups in total. The molecular formula is C19H20O4. The van der Waals surface area contributed by atoms with Gasteiger partial charge in [0, 0.05) is 5.56 Å². The number of rotatable bonds is 4. The Morgan fingerprint density at radius 3 is 2.43 bits per heavy atom. The van der Waals surface area contributed by atoms with Crippen molar-refractivity contribution in [3.05, 3.63) is 48.0 Å². The highest BCUT2D eigenvalue weighted by Crippen LogP contribution is 2.29. The first-order chi connectivity index (χ1) is 11.1. The molecule has 0 bridgehead atoms. The fraction of sp³-hybridized carbons (Fsp3) is 0.368. The summed E-state index contributed by atoms with van der Waals surface area (Å²) in [4.78, 5) is 24.3. The number of aliphatic hydroxyl groups is 1. The molecule has 0 unspecified atom stereocenters. The average molecular weight is 312 g/mol. The third kappa shape index (κ3) is 3.42. The quantitative estimate of drug-likeness (QED) is 0.695. The molecule has 0 radical (unpaired) electrons. The summed E-state index contributed by atoms with van der Waals surface area (Å²) < 4.78 is 5.07. The van der Waals surface area contributed by atoms with Crippen LogP contribution in [0.3, 0.4) is 0 Å². The van der Waals surface area contributed by atoms with Crippen molar-refractivity contribution in [3.8, 4) is 0 Å². The lowest BCUT2D eigenvalue weighted by Crippen LogP contribution is -2.42. The summed E-state index contributed by atoms with van der Waals surface area (Å²) in [6, 6.07) is 13.2. The summed E-state index contributed by atoms with van der Waals surface area (Å²) in [5, 5.41) is 12.3. The molecule has 4 nitrogen and oxygen atoms in total. The second-order valence-electron chi connectivity index (χ2n) is 6.15. The first kappa shape index (κ1) is 15.7. The molecule has 0 heterocycles. The first-order valence-corrected chi connectivity index (χ1v) is 8.00. The number of hydrogen-bond donors (Lipinski definition) is 1. The Hall–Kier alpha value is -2.20. The van der Waals surface area contributed by atoms with E-state index in [1.165, 1.54) is 0 Å². The Kier molecular flexibility index (Phi) is 4.44. The number of esters is 1. The molecule has 1 fully saturated rings. The van der Waals surface area contributed by atoms with Gasteiger partial charge in [-0.3, -0.25) is 4.79 Å². The molecule has 2 aromatic rings. The number of Topliss-reactive ketones (excluding diaryl/α,β-unsaturated/α-hetero) is 1. The Morgan fingerprint density at radius 2 is 1.70 bits per heavy atom. The second-order valence-corrected chi connectivity index (χ2v) is 6.15. The van der Waals surface area contributed by atoms with E-state index in [4.69, 9.17) is 4.74 Å². The van der Waals surface area contributed by atoms with Crippen LogP contribution in [0.4, 0.5) is 0 Å². The van der Waals surface area contributed by atoms with Gasteiger partial charge in [0.2, 0.25) is 0 Å². The second kappa shape index (κ2) is 6.50. The lowest BCUT2D eigenvalue weighted by Gasteiger charge is -2.29. The highest BCUT2D eigenvalue weighted by atomic mass is 16.6. The van der Waals surface area contributed by atoms with Gasteiger partial charge in [-0.05, 0) is 42.5 Å². The van der Waals surface area contributed by atoms with Gasteiger partial charge in [-0.25, -0.2) is 4.79 Å². The molecule has 0 aliphatic heterocycles. The number of ketones is 1. The van der Waals surface area contributed by atoms with E-state index in [1.54, 1.807) is 12.1 Å². The van der Waals surface area contributed by atoms with Crippen LogP contribution >= 0.6 is 0 Å². The molecule has 1 saturated carbocycles. The minimum Gasteiger partial charge on any atom is -0.455 e. The van der Waals surface area contributed by atoms with Gasteiger partial charge in [-0.2, -0.15) is 0 Å². The third-order valence-electron chi connectivity index (χ3n) is 4.47. The summed E-state index contributed by atoms with van der Waals surface area (Å²) in [6.07, 6.45) is 3.46. The molecule has 4 heteroatoms. The molecule has 23 heavy (non-hydrogen) atoms. The SMILES string of the molecule is O=C(COC(=O)C1(O)CCCCC1)c1ccc2ccccc2c1. The van der Waals surface area contributed by atoms with E-state index in [2.05, 4.69) is 0 Å². The van der Waals surface area contributed by atoms with Crippen molar-refractivity contribution in [1.29, 1.82) is 0 Å². The molecular weight excluding hydrogens is 292 g/mol. The highest BCUT2D eigenvalue weighted by molar-refractivity contribution is 6.01. The monoisotopic (exact) mass is 312 g/mol. The Balaban J connectivity index is 1.65. The van der Waals surface area contributed by atoms with Gasteiger partial charge in [-0.1, -0.05) is 42.8 Å². The first-order valence-electron chi connectivity index (χ1n) is 8.00. The van der Waals surface area contributed by atoms with Gasteiger partial charge in [0.25, 0.3) is 0 Å². The van der Waals surface area contributed by atoms with E-state index in [0.717, 1.165) is 30.0 Å². The van der Waals surface area contributed by atoms with E-state index in [-0.39, 0.29) is 12.4 Å². The maximum absolute atomic E-state index is 12.2. The number of benzene rings is 2.